The topological polar surface area (TPSA) is 59.6 Å². The number of benzene rings is 1. The summed E-state index contributed by atoms with van der Waals surface area (Å²) in [6.07, 6.45) is 0.971. The third-order valence-corrected chi connectivity index (χ3v) is 3.04. The van der Waals surface area contributed by atoms with Gasteiger partial charge in [-0.3, -0.25) is 4.79 Å². The summed E-state index contributed by atoms with van der Waals surface area (Å²) in [6, 6.07) is 5.38. The smallest absolute Gasteiger partial charge is 0.251 e. The van der Waals surface area contributed by atoms with Gasteiger partial charge in [0.05, 0.1) is 14.2 Å². The number of carbonyl (C=O) groups excluding carboxylic acids is 1. The molecule has 1 heterocycles. The molecule has 5 nitrogen and oxygen atoms in total. The van der Waals surface area contributed by atoms with Crippen molar-refractivity contribution in [3.8, 4) is 11.5 Å². The van der Waals surface area contributed by atoms with Crippen molar-refractivity contribution in [2.45, 2.75) is 12.5 Å². The van der Waals surface area contributed by atoms with Crippen molar-refractivity contribution in [2.75, 3.05) is 27.3 Å². The molecule has 6 heteroatoms. The van der Waals surface area contributed by atoms with Gasteiger partial charge in [0.1, 0.15) is 0 Å². The van der Waals surface area contributed by atoms with E-state index in [1.54, 1.807) is 32.4 Å². The van der Waals surface area contributed by atoms with Crippen LogP contribution in [0.25, 0.3) is 0 Å². The second-order valence-corrected chi connectivity index (χ2v) is 4.23. The first-order chi connectivity index (χ1) is 8.74. The van der Waals surface area contributed by atoms with Gasteiger partial charge in [0.2, 0.25) is 0 Å². The summed E-state index contributed by atoms with van der Waals surface area (Å²) < 4.78 is 10.3. The van der Waals surface area contributed by atoms with E-state index >= 15 is 0 Å². The van der Waals surface area contributed by atoms with E-state index in [1.165, 1.54) is 0 Å². The molecular formula is C13H19ClN2O3. The Kier molecular flexibility index (Phi) is 5.92. The highest BCUT2D eigenvalue weighted by molar-refractivity contribution is 5.95. The molecule has 1 aromatic carbocycles. The fourth-order valence-corrected chi connectivity index (χ4v) is 2.02. The maximum atomic E-state index is 12.0. The fourth-order valence-electron chi connectivity index (χ4n) is 2.02. The summed E-state index contributed by atoms with van der Waals surface area (Å²) in [5.74, 6) is 1.11. The standard InChI is InChI=1S/C13H18N2O3.ClH/c1-17-11-4-3-9(7-12(11)18-2)13(16)15-10-5-6-14-8-10;/h3-4,7,10,14H,5-6,8H2,1-2H3,(H,15,16);1H. The minimum Gasteiger partial charge on any atom is -0.493 e. The van der Waals surface area contributed by atoms with Gasteiger partial charge in [-0.15, -0.1) is 12.4 Å². The largest absolute Gasteiger partial charge is 0.493 e. The number of carbonyl (C=O) groups is 1. The summed E-state index contributed by atoms with van der Waals surface area (Å²) in [4.78, 5) is 12.0. The van der Waals surface area contributed by atoms with Crippen LogP contribution in [0.5, 0.6) is 11.5 Å². The Morgan fingerprint density at radius 1 is 1.32 bits per heavy atom. The van der Waals surface area contributed by atoms with Gasteiger partial charge in [-0.1, -0.05) is 0 Å². The Morgan fingerprint density at radius 3 is 2.63 bits per heavy atom. The number of nitrogens with one attached hydrogen (secondary N) is 2. The molecule has 1 fully saturated rings. The molecule has 1 atom stereocenters. The van der Waals surface area contributed by atoms with Crippen LogP contribution in [0.15, 0.2) is 18.2 Å². The Labute approximate surface area is 119 Å². The van der Waals surface area contributed by atoms with E-state index in [2.05, 4.69) is 10.6 Å². The summed E-state index contributed by atoms with van der Waals surface area (Å²) in [5.41, 5.74) is 0.583. The first kappa shape index (κ1) is 15.6. The average molecular weight is 287 g/mol. The molecule has 1 aromatic rings. The van der Waals surface area contributed by atoms with Crippen LogP contribution in [-0.2, 0) is 0 Å². The van der Waals surface area contributed by atoms with Crippen molar-refractivity contribution in [3.05, 3.63) is 23.8 Å². The van der Waals surface area contributed by atoms with Crippen molar-refractivity contribution < 1.29 is 14.3 Å². The Morgan fingerprint density at radius 2 is 2.05 bits per heavy atom. The number of halogens is 1. The molecule has 2 N–H and O–H groups in total. The second kappa shape index (κ2) is 7.21. The molecule has 2 rings (SSSR count). The van der Waals surface area contributed by atoms with Gasteiger partial charge in [0, 0.05) is 18.2 Å². The van der Waals surface area contributed by atoms with E-state index in [9.17, 15) is 4.79 Å². The molecular weight excluding hydrogens is 268 g/mol. The van der Waals surface area contributed by atoms with Crippen molar-refractivity contribution >= 4 is 18.3 Å². The lowest BCUT2D eigenvalue weighted by Gasteiger charge is -2.13. The molecule has 1 aliphatic rings. The zero-order chi connectivity index (χ0) is 13.0. The highest BCUT2D eigenvalue weighted by Gasteiger charge is 2.18. The van der Waals surface area contributed by atoms with Crippen molar-refractivity contribution in [2.24, 2.45) is 0 Å². The predicted molar refractivity (Wildman–Crippen MR) is 75.5 cm³/mol. The van der Waals surface area contributed by atoms with Crippen molar-refractivity contribution in [1.82, 2.24) is 10.6 Å². The van der Waals surface area contributed by atoms with Gasteiger partial charge < -0.3 is 20.1 Å². The number of ether oxygens (including phenoxy) is 2. The molecule has 0 spiro atoms. The van der Waals surface area contributed by atoms with Crippen LogP contribution in [0.4, 0.5) is 0 Å². The first-order valence-corrected chi connectivity index (χ1v) is 5.98. The zero-order valence-corrected chi connectivity index (χ0v) is 11.9. The molecule has 1 saturated heterocycles. The van der Waals surface area contributed by atoms with E-state index in [4.69, 9.17) is 9.47 Å². The molecule has 0 radical (unpaired) electrons. The van der Waals surface area contributed by atoms with E-state index in [0.29, 0.717) is 17.1 Å². The van der Waals surface area contributed by atoms with Crippen LogP contribution >= 0.6 is 12.4 Å². The molecule has 0 aromatic heterocycles. The van der Waals surface area contributed by atoms with Crippen LogP contribution in [-0.4, -0.2) is 39.3 Å². The lowest BCUT2D eigenvalue weighted by atomic mass is 10.1. The van der Waals surface area contributed by atoms with E-state index in [0.717, 1.165) is 19.5 Å². The molecule has 1 unspecified atom stereocenters. The monoisotopic (exact) mass is 286 g/mol. The third kappa shape index (κ3) is 3.75. The van der Waals surface area contributed by atoms with Crippen LogP contribution < -0.4 is 20.1 Å². The summed E-state index contributed by atoms with van der Waals surface area (Å²) >= 11 is 0. The van der Waals surface area contributed by atoms with Crippen LogP contribution in [0, 0.1) is 0 Å². The van der Waals surface area contributed by atoms with Gasteiger partial charge in [0.25, 0.3) is 5.91 Å². The molecule has 1 aliphatic heterocycles. The Balaban J connectivity index is 0.00000180. The maximum Gasteiger partial charge on any atom is 0.251 e. The summed E-state index contributed by atoms with van der Waals surface area (Å²) in [7, 11) is 3.13. The quantitative estimate of drug-likeness (QED) is 0.874. The molecule has 1 amide bonds. The zero-order valence-electron chi connectivity index (χ0n) is 11.1. The second-order valence-electron chi connectivity index (χ2n) is 4.23. The summed E-state index contributed by atoms with van der Waals surface area (Å²) in [5, 5.41) is 6.20. The van der Waals surface area contributed by atoms with Crippen molar-refractivity contribution in [3.63, 3.8) is 0 Å². The van der Waals surface area contributed by atoms with Gasteiger partial charge in [-0.25, -0.2) is 0 Å². The summed E-state index contributed by atoms with van der Waals surface area (Å²) in [6.45, 7) is 1.79. The molecule has 106 valence electrons. The third-order valence-electron chi connectivity index (χ3n) is 3.04. The van der Waals surface area contributed by atoms with Gasteiger partial charge >= 0.3 is 0 Å². The maximum absolute atomic E-state index is 12.0. The number of hydrogen-bond acceptors (Lipinski definition) is 4. The van der Waals surface area contributed by atoms with E-state index < -0.39 is 0 Å². The average Bonchev–Trinajstić information content (AvgIpc) is 2.90. The van der Waals surface area contributed by atoms with Crippen molar-refractivity contribution in [1.29, 1.82) is 0 Å². The Hall–Kier alpha value is -1.46. The molecule has 0 saturated carbocycles. The normalized spacial score (nSPS) is 17.5. The molecule has 0 aliphatic carbocycles. The number of methoxy groups -OCH3 is 2. The Bertz CT molecular complexity index is 434. The van der Waals surface area contributed by atoms with Crippen LogP contribution in [0.3, 0.4) is 0 Å². The molecule has 19 heavy (non-hydrogen) atoms. The lowest BCUT2D eigenvalue weighted by Crippen LogP contribution is -2.36. The highest BCUT2D eigenvalue weighted by atomic mass is 35.5. The SMILES string of the molecule is COc1ccc(C(=O)NC2CCNC2)cc1OC.Cl. The molecule has 0 bridgehead atoms. The van der Waals surface area contributed by atoms with Crippen LogP contribution in [0.1, 0.15) is 16.8 Å². The van der Waals surface area contributed by atoms with E-state index in [1.807, 2.05) is 0 Å². The first-order valence-electron chi connectivity index (χ1n) is 5.98. The van der Waals surface area contributed by atoms with Gasteiger partial charge in [0.15, 0.2) is 11.5 Å². The van der Waals surface area contributed by atoms with Gasteiger partial charge in [-0.05, 0) is 31.2 Å². The number of hydrogen-bond donors (Lipinski definition) is 2. The van der Waals surface area contributed by atoms with Crippen LogP contribution in [0.2, 0.25) is 0 Å². The number of rotatable bonds is 4. The fraction of sp³-hybridized carbons (Fsp3) is 0.462. The minimum absolute atomic E-state index is 0. The number of amides is 1. The van der Waals surface area contributed by atoms with Gasteiger partial charge in [-0.2, -0.15) is 0 Å². The minimum atomic E-state index is -0.0790. The predicted octanol–water partition coefficient (Wildman–Crippen LogP) is 1.22. The lowest BCUT2D eigenvalue weighted by molar-refractivity contribution is 0.0939. The highest BCUT2D eigenvalue weighted by Crippen LogP contribution is 2.27. The van der Waals surface area contributed by atoms with E-state index in [-0.39, 0.29) is 24.4 Å².